The average Bonchev–Trinajstić information content (AvgIpc) is 2.81. The lowest BCUT2D eigenvalue weighted by Gasteiger charge is -2.11. The first-order valence-electron chi connectivity index (χ1n) is 7.26. The van der Waals surface area contributed by atoms with E-state index in [9.17, 15) is 4.79 Å². The normalized spacial score (nSPS) is 12.8. The van der Waals surface area contributed by atoms with E-state index in [1.165, 1.54) is 0 Å². The Bertz CT molecular complexity index is 601. The first-order valence-corrected chi connectivity index (χ1v) is 7.26. The molecule has 1 heterocycles. The molecule has 1 aromatic heterocycles. The summed E-state index contributed by atoms with van der Waals surface area (Å²) >= 11 is 0. The highest BCUT2D eigenvalue weighted by atomic mass is 16.1. The molecule has 1 N–H and O–H groups in total. The van der Waals surface area contributed by atoms with Crippen LogP contribution < -0.4 is 5.32 Å². The van der Waals surface area contributed by atoms with Crippen molar-refractivity contribution in [2.75, 3.05) is 0 Å². The molecule has 1 amide bonds. The molecule has 1 aromatic carbocycles. The summed E-state index contributed by atoms with van der Waals surface area (Å²) in [7, 11) is 0. The van der Waals surface area contributed by atoms with Crippen molar-refractivity contribution in [3.05, 3.63) is 30.1 Å². The zero-order valence-corrected chi connectivity index (χ0v) is 12.7. The Kier molecular flexibility index (Phi) is 4.42. The molecule has 0 spiro atoms. The van der Waals surface area contributed by atoms with Gasteiger partial charge in [-0.05, 0) is 44.9 Å². The average molecular weight is 273 g/mol. The molecule has 0 aliphatic carbocycles. The van der Waals surface area contributed by atoms with Crippen molar-refractivity contribution in [3.63, 3.8) is 0 Å². The minimum absolute atomic E-state index is 0.0713. The Morgan fingerprint density at radius 1 is 1.35 bits per heavy atom. The van der Waals surface area contributed by atoms with Crippen LogP contribution in [0.5, 0.6) is 0 Å². The van der Waals surface area contributed by atoms with Crippen LogP contribution in [0.15, 0.2) is 24.5 Å². The summed E-state index contributed by atoms with van der Waals surface area (Å²) in [6.07, 6.45) is 3.22. The monoisotopic (exact) mass is 273 g/mol. The van der Waals surface area contributed by atoms with E-state index >= 15 is 0 Å². The number of amides is 1. The van der Waals surface area contributed by atoms with E-state index in [0.29, 0.717) is 12.5 Å². The molecular weight excluding hydrogens is 250 g/mol. The highest BCUT2D eigenvalue weighted by Gasteiger charge is 2.09. The second-order valence-electron chi connectivity index (χ2n) is 5.62. The topological polar surface area (TPSA) is 46.9 Å². The first kappa shape index (κ1) is 14.6. The van der Waals surface area contributed by atoms with Crippen molar-refractivity contribution in [2.45, 2.75) is 52.6 Å². The second-order valence-corrected chi connectivity index (χ2v) is 5.62. The third-order valence-electron chi connectivity index (χ3n) is 3.58. The molecule has 20 heavy (non-hydrogen) atoms. The third-order valence-corrected chi connectivity index (χ3v) is 3.58. The summed E-state index contributed by atoms with van der Waals surface area (Å²) in [5.74, 6) is 0.0713. The van der Waals surface area contributed by atoms with Gasteiger partial charge in [-0.25, -0.2) is 4.98 Å². The van der Waals surface area contributed by atoms with Crippen LogP contribution >= 0.6 is 0 Å². The van der Waals surface area contributed by atoms with E-state index in [0.717, 1.165) is 23.0 Å². The number of imidazole rings is 1. The van der Waals surface area contributed by atoms with Gasteiger partial charge >= 0.3 is 0 Å². The summed E-state index contributed by atoms with van der Waals surface area (Å²) in [6, 6.07) is 6.68. The lowest BCUT2D eigenvalue weighted by molar-refractivity contribution is -0.121. The highest BCUT2D eigenvalue weighted by molar-refractivity contribution is 5.82. The van der Waals surface area contributed by atoms with E-state index < -0.39 is 0 Å². The van der Waals surface area contributed by atoms with Crippen LogP contribution in [0.1, 0.15) is 45.7 Å². The Morgan fingerprint density at radius 2 is 2.10 bits per heavy atom. The van der Waals surface area contributed by atoms with Crippen LogP contribution in [-0.4, -0.2) is 21.5 Å². The van der Waals surface area contributed by atoms with Crippen molar-refractivity contribution < 1.29 is 4.79 Å². The summed E-state index contributed by atoms with van der Waals surface area (Å²) < 4.78 is 2.14. The predicted octanol–water partition coefficient (Wildman–Crippen LogP) is 3.07. The van der Waals surface area contributed by atoms with Gasteiger partial charge in [0, 0.05) is 12.1 Å². The standard InChI is InChI=1S/C16H23N3O/c1-5-12(4)18-16(20)9-13-6-7-15-14(8-13)17-10-19(15)11(2)3/h6-8,10-12H,5,9H2,1-4H3,(H,18,20). The summed E-state index contributed by atoms with van der Waals surface area (Å²) in [5.41, 5.74) is 3.07. The number of carbonyl (C=O) groups is 1. The number of nitrogens with one attached hydrogen (secondary N) is 1. The molecule has 0 saturated heterocycles. The van der Waals surface area contributed by atoms with Gasteiger partial charge in [-0.15, -0.1) is 0 Å². The Hall–Kier alpha value is -1.84. The van der Waals surface area contributed by atoms with Crippen molar-refractivity contribution in [1.82, 2.24) is 14.9 Å². The summed E-state index contributed by atoms with van der Waals surface area (Å²) in [5, 5.41) is 2.98. The first-order chi connectivity index (χ1) is 9.51. The van der Waals surface area contributed by atoms with Crippen LogP contribution in [0.4, 0.5) is 0 Å². The van der Waals surface area contributed by atoms with E-state index in [1.54, 1.807) is 0 Å². The fourth-order valence-corrected chi connectivity index (χ4v) is 2.21. The molecule has 0 fully saturated rings. The zero-order valence-electron chi connectivity index (χ0n) is 12.7. The molecule has 2 aromatic rings. The van der Waals surface area contributed by atoms with Crippen molar-refractivity contribution >= 4 is 16.9 Å². The SMILES string of the molecule is CCC(C)NC(=O)Cc1ccc2c(c1)ncn2C(C)C. The van der Waals surface area contributed by atoms with E-state index in [-0.39, 0.29) is 11.9 Å². The number of benzene rings is 1. The molecule has 1 atom stereocenters. The smallest absolute Gasteiger partial charge is 0.224 e. The summed E-state index contributed by atoms with van der Waals surface area (Å²) in [6.45, 7) is 8.35. The fraction of sp³-hybridized carbons (Fsp3) is 0.500. The minimum atomic E-state index is 0.0713. The van der Waals surface area contributed by atoms with Crippen molar-refractivity contribution in [3.8, 4) is 0 Å². The predicted molar refractivity (Wildman–Crippen MR) is 81.7 cm³/mol. The van der Waals surface area contributed by atoms with Crippen LogP contribution in [-0.2, 0) is 11.2 Å². The molecule has 1 unspecified atom stereocenters. The lowest BCUT2D eigenvalue weighted by Crippen LogP contribution is -2.33. The molecule has 0 aliphatic rings. The number of rotatable bonds is 5. The molecule has 4 heteroatoms. The van der Waals surface area contributed by atoms with Gasteiger partial charge in [0.15, 0.2) is 0 Å². The fourth-order valence-electron chi connectivity index (χ4n) is 2.21. The summed E-state index contributed by atoms with van der Waals surface area (Å²) in [4.78, 5) is 16.3. The maximum absolute atomic E-state index is 11.9. The van der Waals surface area contributed by atoms with Gasteiger partial charge in [0.25, 0.3) is 0 Å². The molecule has 4 nitrogen and oxygen atoms in total. The number of fused-ring (bicyclic) bond motifs is 1. The van der Waals surface area contributed by atoms with Crippen molar-refractivity contribution in [2.24, 2.45) is 0 Å². The van der Waals surface area contributed by atoms with Gasteiger partial charge in [0.05, 0.1) is 23.8 Å². The maximum atomic E-state index is 11.9. The van der Waals surface area contributed by atoms with E-state index in [4.69, 9.17) is 0 Å². The quantitative estimate of drug-likeness (QED) is 0.910. The Labute approximate surface area is 120 Å². The van der Waals surface area contributed by atoms with Crippen LogP contribution in [0, 0.1) is 0 Å². The van der Waals surface area contributed by atoms with Gasteiger partial charge in [0.1, 0.15) is 0 Å². The number of hydrogen-bond acceptors (Lipinski definition) is 2. The second kappa shape index (κ2) is 6.07. The van der Waals surface area contributed by atoms with Gasteiger partial charge in [-0.1, -0.05) is 13.0 Å². The number of nitrogens with zero attached hydrogens (tertiary/aromatic N) is 2. The number of hydrogen-bond donors (Lipinski definition) is 1. The Morgan fingerprint density at radius 3 is 2.75 bits per heavy atom. The maximum Gasteiger partial charge on any atom is 0.224 e. The van der Waals surface area contributed by atoms with Crippen LogP contribution in [0.3, 0.4) is 0 Å². The molecule has 108 valence electrons. The number of carbonyl (C=O) groups excluding carboxylic acids is 1. The third kappa shape index (κ3) is 3.18. The molecule has 2 rings (SSSR count). The van der Waals surface area contributed by atoms with Crippen LogP contribution in [0.2, 0.25) is 0 Å². The molecular formula is C16H23N3O. The van der Waals surface area contributed by atoms with Crippen LogP contribution in [0.25, 0.3) is 11.0 Å². The highest BCUT2D eigenvalue weighted by Crippen LogP contribution is 2.19. The van der Waals surface area contributed by atoms with E-state index in [1.807, 2.05) is 31.5 Å². The van der Waals surface area contributed by atoms with Crippen molar-refractivity contribution in [1.29, 1.82) is 0 Å². The van der Waals surface area contributed by atoms with Gasteiger partial charge in [0.2, 0.25) is 5.91 Å². The largest absolute Gasteiger partial charge is 0.353 e. The van der Waals surface area contributed by atoms with E-state index in [2.05, 4.69) is 35.6 Å². The lowest BCUT2D eigenvalue weighted by atomic mass is 10.1. The van der Waals surface area contributed by atoms with Gasteiger partial charge < -0.3 is 9.88 Å². The Balaban J connectivity index is 2.14. The minimum Gasteiger partial charge on any atom is -0.353 e. The van der Waals surface area contributed by atoms with Gasteiger partial charge in [-0.3, -0.25) is 4.79 Å². The number of aromatic nitrogens is 2. The molecule has 0 aliphatic heterocycles. The molecule has 0 saturated carbocycles. The molecule has 0 bridgehead atoms. The van der Waals surface area contributed by atoms with Gasteiger partial charge in [-0.2, -0.15) is 0 Å². The zero-order chi connectivity index (χ0) is 14.7. The molecule has 0 radical (unpaired) electrons.